The average molecular weight is 442 g/mol. The van der Waals surface area contributed by atoms with E-state index in [2.05, 4.69) is 10.1 Å². The number of benzene rings is 2. The summed E-state index contributed by atoms with van der Waals surface area (Å²) in [4.78, 5) is 3.71. The first-order chi connectivity index (χ1) is 15.1. The Hall–Kier alpha value is -3.25. The first kappa shape index (κ1) is 20.6. The monoisotopic (exact) mass is 442 g/mol. The predicted octanol–water partition coefficient (Wildman–Crippen LogP) is 4.07. The second-order valence-corrected chi connectivity index (χ2v) is 8.93. The van der Waals surface area contributed by atoms with Crippen molar-refractivity contribution in [3.63, 3.8) is 0 Å². The van der Waals surface area contributed by atoms with Crippen LogP contribution in [0.15, 0.2) is 55.1 Å². The van der Waals surface area contributed by atoms with Gasteiger partial charge in [-0.3, -0.25) is 0 Å². The molecule has 0 spiro atoms. The van der Waals surface area contributed by atoms with Crippen molar-refractivity contribution in [1.82, 2.24) is 14.8 Å². The lowest BCUT2D eigenvalue weighted by Crippen LogP contribution is -2.76. The van der Waals surface area contributed by atoms with Crippen molar-refractivity contribution in [2.75, 3.05) is 0 Å². The molecule has 0 unspecified atom stereocenters. The quantitative estimate of drug-likeness (QED) is 0.584. The molecule has 2 aromatic carbocycles. The Morgan fingerprint density at radius 1 is 1.09 bits per heavy atom. The van der Waals surface area contributed by atoms with Gasteiger partial charge in [0.25, 0.3) is 5.92 Å². The topological polar surface area (TPSA) is 74.7 Å². The summed E-state index contributed by atoms with van der Waals surface area (Å²) in [6.45, 7) is -0.742. The number of nitriles is 1. The largest absolute Gasteiger partial charge is 0.377 e. The van der Waals surface area contributed by atoms with Gasteiger partial charge in [-0.2, -0.15) is 10.4 Å². The molecule has 3 aromatic rings. The second-order valence-electron chi connectivity index (χ2n) is 8.93. The minimum atomic E-state index is -3.74. The van der Waals surface area contributed by atoms with Crippen LogP contribution in [0.3, 0.4) is 0 Å². The molecule has 2 bridgehead atoms. The van der Waals surface area contributed by atoms with Crippen LogP contribution in [-0.4, -0.2) is 25.8 Å². The Balaban J connectivity index is 1.50. The Kier molecular flexibility index (Phi) is 4.27. The summed E-state index contributed by atoms with van der Waals surface area (Å²) in [6, 6.07) is 11.0. The molecule has 1 heterocycles. The number of aliphatic hydroxyl groups is 1. The highest BCUT2D eigenvalue weighted by atomic mass is 19.3. The zero-order valence-corrected chi connectivity index (χ0v) is 16.8. The smallest absolute Gasteiger partial charge is 0.287 e. The molecule has 164 valence electrons. The molecule has 0 saturated heterocycles. The summed E-state index contributed by atoms with van der Waals surface area (Å²) < 4.78 is 61.3. The van der Waals surface area contributed by atoms with Crippen LogP contribution in [0.25, 0.3) is 0 Å². The van der Waals surface area contributed by atoms with Crippen molar-refractivity contribution in [2.45, 2.75) is 42.7 Å². The highest BCUT2D eigenvalue weighted by Gasteiger charge is 2.82. The molecule has 32 heavy (non-hydrogen) atoms. The zero-order valence-electron chi connectivity index (χ0n) is 16.8. The molecule has 3 aliphatic carbocycles. The van der Waals surface area contributed by atoms with Gasteiger partial charge in [0.2, 0.25) is 0 Å². The number of hydrogen-bond acceptors (Lipinski definition) is 4. The van der Waals surface area contributed by atoms with E-state index in [1.54, 1.807) is 24.3 Å². The number of aromatic nitrogens is 3. The van der Waals surface area contributed by atoms with E-state index >= 15 is 8.78 Å². The first-order valence-electron chi connectivity index (χ1n) is 10.0. The van der Waals surface area contributed by atoms with Crippen LogP contribution in [0, 0.1) is 28.4 Å². The van der Waals surface area contributed by atoms with Gasteiger partial charge in [0.15, 0.2) is 5.60 Å². The minimum absolute atomic E-state index is 0.112. The van der Waals surface area contributed by atoms with Gasteiger partial charge in [0.1, 0.15) is 24.3 Å². The zero-order chi connectivity index (χ0) is 22.8. The molecule has 0 radical (unpaired) electrons. The molecule has 5 nitrogen and oxygen atoms in total. The van der Waals surface area contributed by atoms with E-state index in [1.807, 2.05) is 6.07 Å². The third-order valence-corrected chi connectivity index (χ3v) is 7.08. The van der Waals surface area contributed by atoms with E-state index in [-0.39, 0.29) is 19.3 Å². The fraction of sp³-hybridized carbons (Fsp3) is 0.348. The molecule has 1 N–H and O–H groups in total. The van der Waals surface area contributed by atoms with Gasteiger partial charge in [-0.1, -0.05) is 12.1 Å². The number of nitrogens with zero attached hydrogens (tertiary/aromatic N) is 4. The SMILES string of the molecule is N#Cc1ccc(C23CC(C(F)(F)[C@@](O)(Cn4cncn4)c4ccc(F)cc4F)(C2)C3)cc1. The third kappa shape index (κ3) is 2.65. The summed E-state index contributed by atoms with van der Waals surface area (Å²) in [5, 5.41) is 24.1. The summed E-state index contributed by atoms with van der Waals surface area (Å²) in [6.07, 6.45) is 2.62. The number of rotatable bonds is 6. The molecule has 0 aliphatic heterocycles. The first-order valence-corrected chi connectivity index (χ1v) is 10.0. The minimum Gasteiger partial charge on any atom is -0.377 e. The third-order valence-electron chi connectivity index (χ3n) is 7.08. The lowest BCUT2D eigenvalue weighted by atomic mass is 9.30. The fourth-order valence-electron chi connectivity index (χ4n) is 5.49. The van der Waals surface area contributed by atoms with Crippen LogP contribution in [0.1, 0.15) is 36.0 Å². The Morgan fingerprint density at radius 3 is 2.34 bits per heavy atom. The van der Waals surface area contributed by atoms with Crippen LogP contribution in [-0.2, 0) is 17.6 Å². The summed E-state index contributed by atoms with van der Waals surface area (Å²) in [5.74, 6) is -5.91. The van der Waals surface area contributed by atoms with Crippen molar-refractivity contribution >= 4 is 0 Å². The van der Waals surface area contributed by atoms with E-state index in [4.69, 9.17) is 5.26 Å². The van der Waals surface area contributed by atoms with E-state index in [1.165, 1.54) is 0 Å². The van der Waals surface area contributed by atoms with E-state index in [0.29, 0.717) is 11.6 Å². The average Bonchev–Trinajstić information content (AvgIpc) is 3.18. The molecule has 3 fully saturated rings. The predicted molar refractivity (Wildman–Crippen MR) is 104 cm³/mol. The number of halogens is 4. The highest BCUT2D eigenvalue weighted by molar-refractivity contribution is 5.45. The Bertz CT molecular complexity index is 1200. The highest BCUT2D eigenvalue weighted by Crippen LogP contribution is 2.80. The van der Waals surface area contributed by atoms with Gasteiger partial charge < -0.3 is 5.11 Å². The van der Waals surface area contributed by atoms with E-state index < -0.39 is 46.1 Å². The van der Waals surface area contributed by atoms with Gasteiger partial charge in [0.05, 0.1) is 18.2 Å². The van der Waals surface area contributed by atoms with E-state index in [9.17, 15) is 13.9 Å². The normalized spacial score (nSPS) is 25.9. The maximum atomic E-state index is 16.1. The van der Waals surface area contributed by atoms with Crippen molar-refractivity contribution in [3.05, 3.63) is 83.4 Å². The van der Waals surface area contributed by atoms with Crippen LogP contribution in [0.5, 0.6) is 0 Å². The number of alkyl halides is 2. The molecule has 1 atom stereocenters. The van der Waals surface area contributed by atoms with Crippen LogP contribution in [0.4, 0.5) is 17.6 Å². The molecular weight excluding hydrogens is 424 g/mol. The molecule has 9 heteroatoms. The summed E-state index contributed by atoms with van der Waals surface area (Å²) >= 11 is 0. The van der Waals surface area contributed by atoms with Crippen molar-refractivity contribution in [2.24, 2.45) is 5.41 Å². The van der Waals surface area contributed by atoms with Crippen molar-refractivity contribution in [1.29, 1.82) is 5.26 Å². The molecular formula is C23H18F4N4O. The standard InChI is InChI=1S/C23H18F4N4O/c24-17-5-6-18(19(25)7-17)22(32,12-31-14-29-13-30-31)23(26,27)21-9-20(10-21,11-21)16-3-1-15(8-28)2-4-16/h1-7,13-14,32H,9-12H2/t20?,21?,22-/m1/s1. The van der Waals surface area contributed by atoms with Gasteiger partial charge >= 0.3 is 0 Å². The van der Waals surface area contributed by atoms with Crippen molar-refractivity contribution in [3.8, 4) is 6.07 Å². The summed E-state index contributed by atoms with van der Waals surface area (Å²) in [7, 11) is 0. The lowest BCUT2D eigenvalue weighted by molar-refractivity contribution is -0.347. The van der Waals surface area contributed by atoms with Gasteiger partial charge in [0, 0.05) is 17.0 Å². The van der Waals surface area contributed by atoms with Gasteiger partial charge in [-0.15, -0.1) is 0 Å². The van der Waals surface area contributed by atoms with Crippen LogP contribution < -0.4 is 0 Å². The number of hydrogen-bond donors (Lipinski definition) is 1. The van der Waals surface area contributed by atoms with Gasteiger partial charge in [-0.05, 0) is 54.5 Å². The lowest BCUT2D eigenvalue weighted by Gasteiger charge is -2.74. The maximum Gasteiger partial charge on any atom is 0.287 e. The van der Waals surface area contributed by atoms with Crippen LogP contribution >= 0.6 is 0 Å². The summed E-state index contributed by atoms with van der Waals surface area (Å²) in [5.41, 5.74) is -4.28. The molecule has 3 aliphatic rings. The molecule has 0 amide bonds. The maximum absolute atomic E-state index is 16.1. The van der Waals surface area contributed by atoms with Crippen molar-refractivity contribution < 1.29 is 22.7 Å². The Labute approximate surface area is 180 Å². The van der Waals surface area contributed by atoms with E-state index in [0.717, 1.165) is 35.0 Å². The van der Waals surface area contributed by atoms with Crippen LogP contribution in [0.2, 0.25) is 0 Å². The second kappa shape index (κ2) is 6.62. The van der Waals surface area contributed by atoms with Gasteiger partial charge in [-0.25, -0.2) is 27.2 Å². The molecule has 3 saturated carbocycles. The molecule has 1 aromatic heterocycles. The molecule has 6 rings (SSSR count). The Morgan fingerprint density at radius 2 is 1.78 bits per heavy atom. The fourth-order valence-corrected chi connectivity index (χ4v) is 5.49.